The van der Waals surface area contributed by atoms with Crippen LogP contribution in [0.15, 0.2) is 243 Å². The molecule has 0 fully saturated rings. The monoisotopic (exact) mass is 842 g/mol. The molecule has 0 unspecified atom stereocenters. The summed E-state index contributed by atoms with van der Waals surface area (Å²) < 4.78 is 0. The highest BCUT2D eigenvalue weighted by Crippen LogP contribution is 2.65. The van der Waals surface area contributed by atoms with Crippen LogP contribution in [0.3, 0.4) is 0 Å². The Bertz CT molecular complexity index is 3460. The first-order valence-corrected chi connectivity index (χ1v) is 23.1. The molecule has 10 aromatic carbocycles. The van der Waals surface area contributed by atoms with E-state index in [2.05, 4.69) is 266 Å². The first-order chi connectivity index (χ1) is 32.5. The lowest BCUT2D eigenvalue weighted by Crippen LogP contribution is -2.36. The summed E-state index contributed by atoms with van der Waals surface area (Å²) in [6, 6.07) is 90.1. The van der Waals surface area contributed by atoms with Crippen LogP contribution in [0.4, 0.5) is 34.1 Å². The Morgan fingerprint density at radius 2 is 0.833 bits per heavy atom. The Balaban J connectivity index is 1.06. The van der Waals surface area contributed by atoms with Gasteiger partial charge < -0.3 is 9.80 Å². The summed E-state index contributed by atoms with van der Waals surface area (Å²) in [4.78, 5) is 4.99. The Morgan fingerprint density at radius 1 is 0.333 bits per heavy atom. The molecule has 66 heavy (non-hydrogen) atoms. The molecule has 1 aliphatic heterocycles. The molecule has 0 saturated carbocycles. The summed E-state index contributed by atoms with van der Waals surface area (Å²) in [5.41, 5.74) is 24.0. The van der Waals surface area contributed by atoms with Gasteiger partial charge in [0.25, 0.3) is 0 Å². The van der Waals surface area contributed by atoms with Crippen LogP contribution in [0.1, 0.15) is 47.2 Å². The standard InChI is InChI=1S/C64H46N2/c1-63(2)53-27-11-9-25-50(53)51-40-39-49(42-58(51)63)65(48-24-17-21-46(41-48)45-37-35-44(36-38-45)43-19-5-3-6-20-43)61-34-18-31-57-62(61)52-26-10-12-28-54(52)64(57)55-29-13-15-32-59(55)66(47-22-7-4-8-23-47)60-33-16-14-30-56(60)64/h3-42H,1-2H3. The average Bonchev–Trinajstić information content (AvgIpc) is 3.80. The third-order valence-corrected chi connectivity index (χ3v) is 14.7. The molecule has 2 nitrogen and oxygen atoms in total. The van der Waals surface area contributed by atoms with Crippen LogP contribution in [-0.4, -0.2) is 0 Å². The third-order valence-electron chi connectivity index (χ3n) is 14.7. The summed E-state index contributed by atoms with van der Waals surface area (Å²) in [5.74, 6) is 0. The molecule has 0 atom stereocenters. The van der Waals surface area contributed by atoms with Crippen molar-refractivity contribution in [2.45, 2.75) is 24.7 Å². The summed E-state index contributed by atoms with van der Waals surface area (Å²) in [6.45, 7) is 4.75. The third kappa shape index (κ3) is 5.48. The zero-order valence-electron chi connectivity index (χ0n) is 37.0. The average molecular weight is 843 g/mol. The summed E-state index contributed by atoms with van der Waals surface area (Å²) >= 11 is 0. The summed E-state index contributed by atoms with van der Waals surface area (Å²) in [7, 11) is 0. The van der Waals surface area contributed by atoms with Crippen LogP contribution >= 0.6 is 0 Å². The zero-order valence-corrected chi connectivity index (χ0v) is 37.0. The van der Waals surface area contributed by atoms with Gasteiger partial charge in [0.15, 0.2) is 0 Å². The molecule has 0 aromatic heterocycles. The molecular weight excluding hydrogens is 797 g/mol. The highest BCUT2D eigenvalue weighted by atomic mass is 15.2. The van der Waals surface area contributed by atoms with Crippen LogP contribution in [0, 0.1) is 0 Å². The zero-order chi connectivity index (χ0) is 44.0. The molecule has 1 spiro atoms. The maximum absolute atomic E-state index is 2.53. The fourth-order valence-electron chi connectivity index (χ4n) is 11.7. The Labute approximate surface area is 387 Å². The molecule has 0 saturated heterocycles. The highest BCUT2D eigenvalue weighted by molar-refractivity contribution is 6.02. The van der Waals surface area contributed by atoms with Gasteiger partial charge in [-0.3, -0.25) is 0 Å². The van der Waals surface area contributed by atoms with Gasteiger partial charge in [-0.1, -0.05) is 202 Å². The lowest BCUT2D eigenvalue weighted by atomic mass is 9.64. The van der Waals surface area contributed by atoms with Crippen molar-refractivity contribution in [3.8, 4) is 44.5 Å². The van der Waals surface area contributed by atoms with Gasteiger partial charge in [0.05, 0.1) is 22.5 Å². The van der Waals surface area contributed by atoms with Gasteiger partial charge in [-0.25, -0.2) is 0 Å². The minimum absolute atomic E-state index is 0.161. The molecule has 312 valence electrons. The fraction of sp³-hybridized carbons (Fsp3) is 0.0625. The summed E-state index contributed by atoms with van der Waals surface area (Å²) in [6.07, 6.45) is 0. The van der Waals surface area contributed by atoms with E-state index in [4.69, 9.17) is 0 Å². The van der Waals surface area contributed by atoms with Gasteiger partial charge in [0.2, 0.25) is 0 Å². The van der Waals surface area contributed by atoms with Crippen molar-refractivity contribution in [2.24, 2.45) is 0 Å². The molecule has 13 rings (SSSR count). The van der Waals surface area contributed by atoms with E-state index in [0.717, 1.165) is 22.7 Å². The Kier molecular flexibility index (Phi) is 8.51. The number of benzene rings is 10. The molecule has 0 bridgehead atoms. The van der Waals surface area contributed by atoms with Gasteiger partial charge >= 0.3 is 0 Å². The van der Waals surface area contributed by atoms with Gasteiger partial charge in [-0.2, -0.15) is 0 Å². The number of para-hydroxylation sites is 3. The van der Waals surface area contributed by atoms with E-state index in [1.165, 1.54) is 89.3 Å². The van der Waals surface area contributed by atoms with Crippen LogP contribution in [0.2, 0.25) is 0 Å². The van der Waals surface area contributed by atoms with Crippen molar-refractivity contribution < 1.29 is 0 Å². The van der Waals surface area contributed by atoms with E-state index in [0.29, 0.717) is 0 Å². The number of hydrogen-bond donors (Lipinski definition) is 0. The SMILES string of the molecule is CC1(C)c2ccccc2-c2ccc(N(c3cccc(-c4ccc(-c5ccccc5)cc4)c3)c3cccc4c3-c3ccccc3C43c4ccccc4N(c4ccccc4)c4ccccc43)cc21. The predicted octanol–water partition coefficient (Wildman–Crippen LogP) is 16.9. The first kappa shape index (κ1) is 38.3. The van der Waals surface area contributed by atoms with Crippen molar-refractivity contribution in [1.82, 2.24) is 0 Å². The molecule has 0 amide bonds. The molecule has 0 N–H and O–H groups in total. The number of nitrogens with zero attached hydrogens (tertiary/aromatic N) is 2. The maximum Gasteiger partial charge on any atom is 0.0755 e. The van der Waals surface area contributed by atoms with Crippen molar-refractivity contribution >= 4 is 34.1 Å². The Morgan fingerprint density at radius 3 is 1.55 bits per heavy atom. The maximum atomic E-state index is 2.53. The molecule has 2 heteroatoms. The van der Waals surface area contributed by atoms with Crippen molar-refractivity contribution in [3.63, 3.8) is 0 Å². The number of rotatable bonds is 6. The van der Waals surface area contributed by atoms with Crippen molar-refractivity contribution in [2.75, 3.05) is 9.80 Å². The second kappa shape index (κ2) is 14.7. The molecule has 2 aliphatic carbocycles. The topological polar surface area (TPSA) is 6.48 Å². The van der Waals surface area contributed by atoms with Crippen LogP contribution in [0.5, 0.6) is 0 Å². The largest absolute Gasteiger partial charge is 0.310 e. The van der Waals surface area contributed by atoms with E-state index >= 15 is 0 Å². The van der Waals surface area contributed by atoms with E-state index in [-0.39, 0.29) is 5.41 Å². The van der Waals surface area contributed by atoms with Gasteiger partial charge in [0, 0.05) is 28.0 Å². The first-order valence-electron chi connectivity index (χ1n) is 23.1. The van der Waals surface area contributed by atoms with Crippen LogP contribution < -0.4 is 9.80 Å². The second-order valence-electron chi connectivity index (χ2n) is 18.4. The molecular formula is C64H46N2. The molecule has 1 heterocycles. The van der Waals surface area contributed by atoms with Crippen molar-refractivity contribution in [1.29, 1.82) is 0 Å². The minimum atomic E-state index is -0.573. The minimum Gasteiger partial charge on any atom is -0.310 e. The smallest absolute Gasteiger partial charge is 0.0755 e. The Hall–Kier alpha value is -8.20. The fourth-order valence-corrected chi connectivity index (χ4v) is 11.7. The van der Waals surface area contributed by atoms with Gasteiger partial charge in [-0.05, 0) is 127 Å². The normalized spacial score (nSPS) is 14.1. The lowest BCUT2D eigenvalue weighted by molar-refractivity contribution is 0.660. The number of fused-ring (bicyclic) bond motifs is 12. The quantitative estimate of drug-likeness (QED) is 0.165. The molecule has 10 aromatic rings. The highest BCUT2D eigenvalue weighted by Gasteiger charge is 2.52. The van der Waals surface area contributed by atoms with Gasteiger partial charge in [-0.15, -0.1) is 0 Å². The van der Waals surface area contributed by atoms with Crippen molar-refractivity contribution in [3.05, 3.63) is 276 Å². The number of hydrogen-bond acceptors (Lipinski definition) is 2. The van der Waals surface area contributed by atoms with E-state index in [1.54, 1.807) is 0 Å². The summed E-state index contributed by atoms with van der Waals surface area (Å²) in [5, 5.41) is 0. The van der Waals surface area contributed by atoms with E-state index in [9.17, 15) is 0 Å². The van der Waals surface area contributed by atoms with Crippen LogP contribution in [0.25, 0.3) is 44.5 Å². The number of anilines is 6. The second-order valence-corrected chi connectivity index (χ2v) is 18.4. The molecule has 3 aliphatic rings. The molecule has 0 radical (unpaired) electrons. The van der Waals surface area contributed by atoms with E-state index < -0.39 is 5.41 Å². The van der Waals surface area contributed by atoms with E-state index in [1.807, 2.05) is 0 Å². The predicted molar refractivity (Wildman–Crippen MR) is 275 cm³/mol. The van der Waals surface area contributed by atoms with Gasteiger partial charge in [0.1, 0.15) is 0 Å². The lowest BCUT2D eigenvalue weighted by Gasteiger charge is -2.45. The van der Waals surface area contributed by atoms with Crippen LogP contribution in [-0.2, 0) is 10.8 Å².